The van der Waals surface area contributed by atoms with Crippen LogP contribution in [0.5, 0.6) is 0 Å². The summed E-state index contributed by atoms with van der Waals surface area (Å²) in [6.07, 6.45) is 4.18. The first-order valence-corrected chi connectivity index (χ1v) is 8.46. The highest BCUT2D eigenvalue weighted by Gasteiger charge is 2.42. The average Bonchev–Trinajstić information content (AvgIpc) is 2.38. The van der Waals surface area contributed by atoms with E-state index in [1.54, 1.807) is 6.92 Å². The van der Waals surface area contributed by atoms with Gasteiger partial charge in [0, 0.05) is 12.9 Å². The Morgan fingerprint density at radius 1 is 1.39 bits per heavy atom. The normalized spacial score (nSPS) is 21.5. The number of rotatable bonds is 5. The van der Waals surface area contributed by atoms with Gasteiger partial charge < -0.3 is 0 Å². The van der Waals surface area contributed by atoms with Crippen LogP contribution in [0.2, 0.25) is 0 Å². The molecule has 0 aromatic heterocycles. The van der Waals surface area contributed by atoms with Crippen molar-refractivity contribution in [3.8, 4) is 6.07 Å². The number of sulfonamides is 1. The van der Waals surface area contributed by atoms with E-state index >= 15 is 0 Å². The molecule has 0 aliphatic heterocycles. The van der Waals surface area contributed by atoms with Crippen molar-refractivity contribution >= 4 is 21.6 Å². The van der Waals surface area contributed by atoms with Crippen molar-refractivity contribution in [1.29, 1.82) is 5.26 Å². The van der Waals surface area contributed by atoms with Crippen molar-refractivity contribution in [2.75, 3.05) is 18.7 Å². The lowest BCUT2D eigenvalue weighted by atomic mass is 9.83. The predicted molar refractivity (Wildman–Crippen MR) is 72.9 cm³/mol. The third-order valence-corrected chi connectivity index (χ3v) is 6.37. The molecule has 1 fully saturated rings. The van der Waals surface area contributed by atoms with Crippen LogP contribution >= 0.6 is 11.6 Å². The number of hydrogen-bond acceptors (Lipinski definition) is 3. The van der Waals surface area contributed by atoms with Crippen LogP contribution in [-0.4, -0.2) is 36.9 Å². The Labute approximate surface area is 115 Å². The molecule has 0 aromatic carbocycles. The Hall–Kier alpha value is -0.310. The first-order chi connectivity index (χ1) is 8.38. The highest BCUT2D eigenvalue weighted by molar-refractivity contribution is 7.89. The maximum atomic E-state index is 12.3. The fraction of sp³-hybridized carbons (Fsp3) is 0.917. The highest BCUT2D eigenvalue weighted by Crippen LogP contribution is 2.34. The fourth-order valence-corrected chi connectivity index (χ4v) is 4.47. The minimum absolute atomic E-state index is 0.0103. The lowest BCUT2D eigenvalue weighted by Crippen LogP contribution is -2.51. The van der Waals surface area contributed by atoms with Crippen molar-refractivity contribution < 1.29 is 8.42 Å². The molecule has 104 valence electrons. The van der Waals surface area contributed by atoms with Gasteiger partial charge in [0.1, 0.15) is 5.54 Å². The summed E-state index contributed by atoms with van der Waals surface area (Å²) in [6.45, 7) is 1.80. The smallest absolute Gasteiger partial charge is 0.212 e. The van der Waals surface area contributed by atoms with Gasteiger partial charge in [-0.2, -0.15) is 9.57 Å². The van der Waals surface area contributed by atoms with Crippen molar-refractivity contribution in [3.63, 3.8) is 0 Å². The zero-order chi connectivity index (χ0) is 13.8. The fourth-order valence-electron chi connectivity index (χ4n) is 2.42. The molecular formula is C12H21ClN2O2S. The largest absolute Gasteiger partial charge is 0.215 e. The zero-order valence-electron chi connectivity index (χ0n) is 11.0. The summed E-state index contributed by atoms with van der Waals surface area (Å²) in [6, 6.07) is 2.23. The van der Waals surface area contributed by atoms with Gasteiger partial charge in [-0.1, -0.05) is 26.2 Å². The van der Waals surface area contributed by atoms with E-state index < -0.39 is 15.6 Å². The molecule has 0 radical (unpaired) electrons. The molecular weight excluding hydrogens is 272 g/mol. The Balaban J connectivity index is 2.90. The second-order valence-electron chi connectivity index (χ2n) is 5.21. The van der Waals surface area contributed by atoms with Gasteiger partial charge in [-0.25, -0.2) is 8.42 Å². The summed E-state index contributed by atoms with van der Waals surface area (Å²) in [5.41, 5.74) is -0.844. The molecule has 6 heteroatoms. The van der Waals surface area contributed by atoms with Crippen LogP contribution in [0.3, 0.4) is 0 Å². The van der Waals surface area contributed by atoms with Gasteiger partial charge in [0.2, 0.25) is 10.0 Å². The van der Waals surface area contributed by atoms with E-state index in [0.29, 0.717) is 18.7 Å². The summed E-state index contributed by atoms with van der Waals surface area (Å²) in [4.78, 5) is 0. The molecule has 18 heavy (non-hydrogen) atoms. The summed E-state index contributed by atoms with van der Waals surface area (Å²) in [7, 11) is -1.88. The first-order valence-electron chi connectivity index (χ1n) is 6.32. The standard InChI is InChI=1S/C12H21ClN2O2S/c1-11(8-13)9-18(16,17)15(2)12(10-14)6-4-3-5-7-12/h11H,3-9H2,1-2H3. The van der Waals surface area contributed by atoms with E-state index in [1.807, 2.05) is 0 Å². The topological polar surface area (TPSA) is 61.2 Å². The molecule has 1 aliphatic carbocycles. The van der Waals surface area contributed by atoms with Gasteiger partial charge in [0.15, 0.2) is 0 Å². The molecule has 0 heterocycles. The van der Waals surface area contributed by atoms with Crippen LogP contribution in [0, 0.1) is 17.2 Å². The summed E-state index contributed by atoms with van der Waals surface area (Å²) in [5, 5.41) is 9.38. The first kappa shape index (κ1) is 15.7. The molecule has 0 bridgehead atoms. The van der Waals surface area contributed by atoms with Gasteiger partial charge >= 0.3 is 0 Å². The lowest BCUT2D eigenvalue weighted by Gasteiger charge is -2.38. The van der Waals surface area contributed by atoms with Gasteiger partial charge in [-0.3, -0.25) is 0 Å². The van der Waals surface area contributed by atoms with Crippen molar-refractivity contribution in [2.24, 2.45) is 5.92 Å². The number of nitriles is 1. The molecule has 1 rings (SSSR count). The van der Waals surface area contributed by atoms with E-state index in [2.05, 4.69) is 6.07 Å². The molecule has 0 amide bonds. The predicted octanol–water partition coefficient (Wildman–Crippen LogP) is 2.35. The molecule has 0 aromatic rings. The Morgan fingerprint density at radius 2 is 1.94 bits per heavy atom. The molecule has 4 nitrogen and oxygen atoms in total. The van der Waals surface area contributed by atoms with Crippen molar-refractivity contribution in [1.82, 2.24) is 4.31 Å². The molecule has 1 saturated carbocycles. The summed E-state index contributed by atoms with van der Waals surface area (Å²) < 4.78 is 25.9. The Morgan fingerprint density at radius 3 is 2.39 bits per heavy atom. The third-order valence-electron chi connectivity index (χ3n) is 3.67. The molecule has 0 N–H and O–H groups in total. The summed E-state index contributed by atoms with van der Waals surface area (Å²) in [5.74, 6) is 0.224. The zero-order valence-corrected chi connectivity index (χ0v) is 12.6. The molecule has 0 saturated heterocycles. The SMILES string of the molecule is CC(CCl)CS(=O)(=O)N(C)C1(C#N)CCCCC1. The van der Waals surface area contributed by atoms with E-state index in [9.17, 15) is 13.7 Å². The average molecular weight is 293 g/mol. The maximum Gasteiger partial charge on any atom is 0.215 e. The molecule has 0 spiro atoms. The van der Waals surface area contributed by atoms with Gasteiger partial charge in [-0.15, -0.1) is 11.6 Å². The van der Waals surface area contributed by atoms with Crippen LogP contribution < -0.4 is 0 Å². The van der Waals surface area contributed by atoms with Crippen LogP contribution in [0.4, 0.5) is 0 Å². The minimum atomic E-state index is -3.42. The number of hydrogen-bond donors (Lipinski definition) is 0. The Bertz CT molecular complexity index is 410. The minimum Gasteiger partial charge on any atom is -0.212 e. The number of halogens is 1. The molecule has 1 aliphatic rings. The van der Waals surface area contributed by atoms with Gasteiger partial charge in [0.05, 0.1) is 11.8 Å². The third kappa shape index (κ3) is 3.37. The number of nitrogens with zero attached hydrogens (tertiary/aromatic N) is 2. The molecule has 1 unspecified atom stereocenters. The summed E-state index contributed by atoms with van der Waals surface area (Å²) >= 11 is 5.67. The van der Waals surface area contributed by atoms with Gasteiger partial charge in [0.25, 0.3) is 0 Å². The van der Waals surface area contributed by atoms with Crippen LogP contribution in [0.1, 0.15) is 39.0 Å². The quantitative estimate of drug-likeness (QED) is 0.731. The van der Waals surface area contributed by atoms with Crippen LogP contribution in [-0.2, 0) is 10.0 Å². The van der Waals surface area contributed by atoms with E-state index in [0.717, 1.165) is 19.3 Å². The van der Waals surface area contributed by atoms with Crippen molar-refractivity contribution in [3.05, 3.63) is 0 Å². The van der Waals surface area contributed by atoms with Crippen LogP contribution in [0.15, 0.2) is 0 Å². The highest BCUT2D eigenvalue weighted by atomic mass is 35.5. The second-order valence-corrected chi connectivity index (χ2v) is 7.56. The monoisotopic (exact) mass is 292 g/mol. The van der Waals surface area contributed by atoms with E-state index in [-0.39, 0.29) is 11.7 Å². The number of alkyl halides is 1. The van der Waals surface area contributed by atoms with Crippen LogP contribution in [0.25, 0.3) is 0 Å². The van der Waals surface area contributed by atoms with E-state index in [1.165, 1.54) is 11.4 Å². The second kappa shape index (κ2) is 6.23. The maximum absolute atomic E-state index is 12.3. The Kier molecular flexibility index (Phi) is 5.45. The van der Waals surface area contributed by atoms with Crippen molar-refractivity contribution in [2.45, 2.75) is 44.6 Å². The lowest BCUT2D eigenvalue weighted by molar-refractivity contribution is 0.212. The molecule has 1 atom stereocenters. The van der Waals surface area contributed by atoms with E-state index in [4.69, 9.17) is 11.6 Å². The van der Waals surface area contributed by atoms with Gasteiger partial charge in [-0.05, 0) is 18.8 Å².